The fraction of sp³-hybridized carbons (Fsp3) is 0.500. The molecule has 0 aliphatic heterocycles. The minimum absolute atomic E-state index is 0.0247. The lowest BCUT2D eigenvalue weighted by molar-refractivity contribution is 0.0931. The molecule has 18 heavy (non-hydrogen) atoms. The van der Waals surface area contributed by atoms with Crippen molar-refractivity contribution in [2.75, 3.05) is 6.54 Å². The maximum absolute atomic E-state index is 11.9. The molecule has 0 bridgehead atoms. The first-order valence-electron chi connectivity index (χ1n) is 6.16. The van der Waals surface area contributed by atoms with E-state index in [1.807, 2.05) is 0 Å². The van der Waals surface area contributed by atoms with E-state index in [4.69, 9.17) is 0 Å². The van der Waals surface area contributed by atoms with E-state index in [9.17, 15) is 15.0 Å². The van der Waals surface area contributed by atoms with Crippen LogP contribution in [0.2, 0.25) is 0 Å². The largest absolute Gasteiger partial charge is 0.504 e. The van der Waals surface area contributed by atoms with Gasteiger partial charge in [0, 0.05) is 6.54 Å². The summed E-state index contributed by atoms with van der Waals surface area (Å²) in [6.07, 6.45) is 2.07. The van der Waals surface area contributed by atoms with Crippen molar-refractivity contribution in [3.63, 3.8) is 0 Å². The first kappa shape index (κ1) is 14.4. The van der Waals surface area contributed by atoms with Gasteiger partial charge in [-0.05, 0) is 24.0 Å². The number of rotatable bonds is 5. The van der Waals surface area contributed by atoms with Gasteiger partial charge in [-0.15, -0.1) is 0 Å². The predicted octanol–water partition coefficient (Wildman–Crippen LogP) is 2.65. The number of carbonyl (C=O) groups is 1. The van der Waals surface area contributed by atoms with E-state index in [1.165, 1.54) is 18.2 Å². The van der Waals surface area contributed by atoms with Crippen LogP contribution in [0.4, 0.5) is 0 Å². The van der Waals surface area contributed by atoms with Crippen molar-refractivity contribution in [1.82, 2.24) is 5.32 Å². The fourth-order valence-corrected chi connectivity index (χ4v) is 1.89. The van der Waals surface area contributed by atoms with Crippen LogP contribution in [0.5, 0.6) is 11.5 Å². The molecule has 1 aromatic rings. The smallest absolute Gasteiger partial charge is 0.255 e. The molecular weight excluding hydrogens is 230 g/mol. The molecule has 0 aliphatic carbocycles. The number of phenolic OH excluding ortho intramolecular Hbond substituents is 2. The zero-order valence-corrected chi connectivity index (χ0v) is 11.2. The van der Waals surface area contributed by atoms with Gasteiger partial charge in [0.25, 0.3) is 5.91 Å². The summed E-state index contributed by atoms with van der Waals surface area (Å²) < 4.78 is 0. The van der Waals surface area contributed by atoms with Gasteiger partial charge in [-0.1, -0.05) is 33.3 Å². The predicted molar refractivity (Wildman–Crippen MR) is 70.8 cm³/mol. The van der Waals surface area contributed by atoms with Crippen LogP contribution >= 0.6 is 0 Å². The van der Waals surface area contributed by atoms with Crippen LogP contribution in [0.3, 0.4) is 0 Å². The Balaban J connectivity index is 2.69. The summed E-state index contributed by atoms with van der Waals surface area (Å²) in [6, 6.07) is 4.35. The molecule has 1 amide bonds. The van der Waals surface area contributed by atoms with Gasteiger partial charge >= 0.3 is 0 Å². The van der Waals surface area contributed by atoms with Crippen molar-refractivity contribution < 1.29 is 15.0 Å². The number of aromatic hydroxyl groups is 2. The Labute approximate surface area is 108 Å². The zero-order chi connectivity index (χ0) is 13.8. The molecule has 0 spiro atoms. The van der Waals surface area contributed by atoms with Gasteiger partial charge in [0.15, 0.2) is 11.5 Å². The van der Waals surface area contributed by atoms with Crippen LogP contribution in [-0.4, -0.2) is 22.7 Å². The zero-order valence-electron chi connectivity index (χ0n) is 11.2. The standard InChI is InChI=1S/C14H21NO3/c1-4-8-14(2,3)9-15-13(18)10-6-5-7-11(16)12(10)17/h5-7,16-17H,4,8-9H2,1-3H3,(H,15,18). The SMILES string of the molecule is CCCC(C)(C)CNC(=O)c1cccc(O)c1O. The van der Waals surface area contributed by atoms with Crippen LogP contribution < -0.4 is 5.32 Å². The Hall–Kier alpha value is -1.71. The fourth-order valence-electron chi connectivity index (χ4n) is 1.89. The van der Waals surface area contributed by atoms with Crippen LogP contribution in [0.1, 0.15) is 44.0 Å². The summed E-state index contributed by atoms with van der Waals surface area (Å²) in [5.41, 5.74) is 0.124. The van der Waals surface area contributed by atoms with E-state index < -0.39 is 0 Å². The van der Waals surface area contributed by atoms with Crippen molar-refractivity contribution in [2.45, 2.75) is 33.6 Å². The number of amides is 1. The molecule has 0 unspecified atom stereocenters. The molecule has 0 radical (unpaired) electrons. The highest BCUT2D eigenvalue weighted by molar-refractivity contribution is 5.97. The molecule has 100 valence electrons. The summed E-state index contributed by atoms with van der Waals surface area (Å²) in [6.45, 7) is 6.80. The highest BCUT2D eigenvalue weighted by Crippen LogP contribution is 2.28. The van der Waals surface area contributed by atoms with Gasteiger partial charge in [0.1, 0.15) is 0 Å². The average Bonchev–Trinajstić information content (AvgIpc) is 2.30. The highest BCUT2D eigenvalue weighted by atomic mass is 16.3. The van der Waals surface area contributed by atoms with E-state index in [1.54, 1.807) is 0 Å². The minimum Gasteiger partial charge on any atom is -0.504 e. The number of benzene rings is 1. The minimum atomic E-state index is -0.372. The van der Waals surface area contributed by atoms with Crippen LogP contribution in [-0.2, 0) is 0 Å². The Kier molecular flexibility index (Phi) is 4.59. The lowest BCUT2D eigenvalue weighted by atomic mass is 9.88. The topological polar surface area (TPSA) is 69.6 Å². The summed E-state index contributed by atoms with van der Waals surface area (Å²) in [5, 5.41) is 21.7. The van der Waals surface area contributed by atoms with Crippen LogP contribution in [0.15, 0.2) is 18.2 Å². The molecule has 1 aromatic carbocycles. The van der Waals surface area contributed by atoms with E-state index in [2.05, 4.69) is 26.1 Å². The average molecular weight is 251 g/mol. The van der Waals surface area contributed by atoms with E-state index in [0.717, 1.165) is 12.8 Å². The van der Waals surface area contributed by atoms with E-state index >= 15 is 0 Å². The molecule has 0 heterocycles. The number of nitrogens with one attached hydrogen (secondary N) is 1. The second-order valence-corrected chi connectivity index (χ2v) is 5.27. The number of phenols is 2. The van der Waals surface area contributed by atoms with Gasteiger partial charge in [-0.3, -0.25) is 4.79 Å². The number of carbonyl (C=O) groups excluding carboxylic acids is 1. The highest BCUT2D eigenvalue weighted by Gasteiger charge is 2.19. The van der Waals surface area contributed by atoms with Crippen molar-refractivity contribution in [1.29, 1.82) is 0 Å². The lowest BCUT2D eigenvalue weighted by Crippen LogP contribution is -2.33. The number of para-hydroxylation sites is 1. The molecule has 1 rings (SSSR count). The Morgan fingerprint density at radius 3 is 2.61 bits per heavy atom. The summed E-state index contributed by atoms with van der Waals surface area (Å²) in [4.78, 5) is 11.9. The van der Waals surface area contributed by atoms with Crippen molar-refractivity contribution in [2.24, 2.45) is 5.41 Å². The Morgan fingerprint density at radius 2 is 2.00 bits per heavy atom. The second-order valence-electron chi connectivity index (χ2n) is 5.27. The van der Waals surface area contributed by atoms with Gasteiger partial charge < -0.3 is 15.5 Å². The third-order valence-electron chi connectivity index (χ3n) is 2.91. The molecular formula is C14H21NO3. The molecule has 0 aromatic heterocycles. The van der Waals surface area contributed by atoms with Crippen molar-refractivity contribution in [3.8, 4) is 11.5 Å². The van der Waals surface area contributed by atoms with Crippen molar-refractivity contribution >= 4 is 5.91 Å². The Bertz CT molecular complexity index is 427. The monoisotopic (exact) mass is 251 g/mol. The summed E-state index contributed by atoms with van der Waals surface area (Å²) in [5.74, 6) is -1.02. The summed E-state index contributed by atoms with van der Waals surface area (Å²) >= 11 is 0. The van der Waals surface area contributed by atoms with Crippen LogP contribution in [0, 0.1) is 5.41 Å². The molecule has 0 fully saturated rings. The molecule has 0 saturated heterocycles. The third-order valence-corrected chi connectivity index (χ3v) is 2.91. The molecule has 4 heteroatoms. The number of hydrogen-bond acceptors (Lipinski definition) is 3. The van der Waals surface area contributed by atoms with E-state index in [-0.39, 0.29) is 28.4 Å². The number of hydrogen-bond donors (Lipinski definition) is 3. The molecule has 0 saturated carbocycles. The molecule has 0 atom stereocenters. The normalized spacial score (nSPS) is 11.3. The maximum atomic E-state index is 11.9. The van der Waals surface area contributed by atoms with Crippen LogP contribution in [0.25, 0.3) is 0 Å². The van der Waals surface area contributed by atoms with Crippen molar-refractivity contribution in [3.05, 3.63) is 23.8 Å². The summed E-state index contributed by atoms with van der Waals surface area (Å²) in [7, 11) is 0. The van der Waals surface area contributed by atoms with Gasteiger partial charge in [0.2, 0.25) is 0 Å². The lowest BCUT2D eigenvalue weighted by Gasteiger charge is -2.24. The van der Waals surface area contributed by atoms with Gasteiger partial charge in [-0.2, -0.15) is 0 Å². The maximum Gasteiger partial charge on any atom is 0.255 e. The molecule has 0 aliphatic rings. The first-order chi connectivity index (χ1) is 8.37. The Morgan fingerprint density at radius 1 is 1.33 bits per heavy atom. The van der Waals surface area contributed by atoms with Gasteiger partial charge in [-0.25, -0.2) is 0 Å². The molecule has 3 N–H and O–H groups in total. The van der Waals surface area contributed by atoms with E-state index in [0.29, 0.717) is 6.54 Å². The quantitative estimate of drug-likeness (QED) is 0.705. The molecule has 4 nitrogen and oxygen atoms in total. The third kappa shape index (κ3) is 3.65. The second kappa shape index (κ2) is 5.76. The van der Waals surface area contributed by atoms with Gasteiger partial charge in [0.05, 0.1) is 5.56 Å². The first-order valence-corrected chi connectivity index (χ1v) is 6.16.